The van der Waals surface area contributed by atoms with Gasteiger partial charge in [-0.15, -0.1) is 0 Å². The van der Waals surface area contributed by atoms with Crippen LogP contribution in [0.4, 0.5) is 10.1 Å². The molecule has 0 radical (unpaired) electrons. The van der Waals surface area contributed by atoms with Crippen LogP contribution in [0, 0.1) is 5.82 Å². The maximum absolute atomic E-state index is 13.3. The topological polar surface area (TPSA) is 62.4 Å². The van der Waals surface area contributed by atoms with Gasteiger partial charge in [0.2, 0.25) is 5.79 Å². The quantitative estimate of drug-likeness (QED) is 0.815. The molecule has 0 aliphatic carbocycles. The molecule has 0 fully saturated rings. The molecule has 0 saturated carbocycles. The van der Waals surface area contributed by atoms with Crippen LogP contribution in [0.2, 0.25) is 5.02 Å². The largest absolute Gasteiger partial charge is 0.342 e. The lowest BCUT2D eigenvalue weighted by Crippen LogP contribution is -2.51. The van der Waals surface area contributed by atoms with E-state index in [1.54, 1.807) is 18.4 Å². The number of nitrogens with zero attached hydrogens (tertiary/aromatic N) is 1. The van der Waals surface area contributed by atoms with E-state index >= 15 is 0 Å². The predicted octanol–water partition coefficient (Wildman–Crippen LogP) is 3.18. The maximum atomic E-state index is 13.3. The molecule has 112 valence electrons. The van der Waals surface area contributed by atoms with E-state index in [1.807, 2.05) is 30.3 Å². The summed E-state index contributed by atoms with van der Waals surface area (Å²) in [5, 5.41) is 6.30. The van der Waals surface area contributed by atoms with Crippen LogP contribution in [0.25, 0.3) is 0 Å². The molecule has 1 unspecified atom stereocenters. The van der Waals surface area contributed by atoms with Crippen LogP contribution in [-0.2, 0) is 5.79 Å². The molecule has 3 rings (SSSR count). The number of anilines is 1. The van der Waals surface area contributed by atoms with Gasteiger partial charge in [0, 0.05) is 17.5 Å². The zero-order valence-electron chi connectivity index (χ0n) is 11.6. The summed E-state index contributed by atoms with van der Waals surface area (Å²) in [6.07, 6.45) is 3.36. The van der Waals surface area contributed by atoms with Crippen LogP contribution < -0.4 is 16.4 Å². The molecular weight excluding hydrogens is 303 g/mol. The molecule has 0 saturated heterocycles. The molecule has 1 heterocycles. The van der Waals surface area contributed by atoms with Gasteiger partial charge in [0.05, 0.1) is 5.02 Å². The van der Waals surface area contributed by atoms with Crippen molar-refractivity contribution in [1.29, 1.82) is 0 Å². The zero-order valence-corrected chi connectivity index (χ0v) is 12.3. The summed E-state index contributed by atoms with van der Waals surface area (Å²) in [6.45, 7) is 0. The molecule has 0 spiro atoms. The minimum atomic E-state index is -1.21. The smallest absolute Gasteiger partial charge is 0.210 e. The molecule has 4 N–H and O–H groups in total. The number of allylic oxidation sites excluding steroid dienone is 1. The summed E-state index contributed by atoms with van der Waals surface area (Å²) in [5.74, 6) is -1.01. The summed E-state index contributed by atoms with van der Waals surface area (Å²) in [6, 6.07) is 13.9. The SMILES string of the molecule is NC1(c2ccc(F)c(Cl)c2)N=CC=C(Nc2ccccc2)N1. The van der Waals surface area contributed by atoms with E-state index in [9.17, 15) is 4.39 Å². The first-order valence-electron chi connectivity index (χ1n) is 6.67. The Hall–Kier alpha value is -2.37. The summed E-state index contributed by atoms with van der Waals surface area (Å²) >= 11 is 5.82. The van der Waals surface area contributed by atoms with E-state index in [0.29, 0.717) is 11.4 Å². The number of benzene rings is 2. The van der Waals surface area contributed by atoms with E-state index in [1.165, 1.54) is 12.1 Å². The van der Waals surface area contributed by atoms with Gasteiger partial charge in [-0.1, -0.05) is 35.9 Å². The maximum Gasteiger partial charge on any atom is 0.210 e. The van der Waals surface area contributed by atoms with Crippen molar-refractivity contribution in [1.82, 2.24) is 5.32 Å². The molecule has 0 aromatic heterocycles. The summed E-state index contributed by atoms with van der Waals surface area (Å²) in [4.78, 5) is 4.24. The van der Waals surface area contributed by atoms with Gasteiger partial charge < -0.3 is 10.6 Å². The van der Waals surface area contributed by atoms with Gasteiger partial charge >= 0.3 is 0 Å². The number of nitrogens with one attached hydrogen (secondary N) is 2. The third-order valence-corrected chi connectivity index (χ3v) is 3.55. The Morgan fingerprint density at radius 3 is 2.68 bits per heavy atom. The van der Waals surface area contributed by atoms with E-state index in [2.05, 4.69) is 15.6 Å². The average molecular weight is 317 g/mol. The molecule has 0 bridgehead atoms. The Labute approximate surface area is 132 Å². The second kappa shape index (κ2) is 5.79. The van der Waals surface area contributed by atoms with Gasteiger partial charge in [0.15, 0.2) is 0 Å². The molecule has 0 amide bonds. The number of nitrogens with two attached hydrogens (primary N) is 1. The molecule has 4 nitrogen and oxygen atoms in total. The first-order valence-corrected chi connectivity index (χ1v) is 7.05. The Balaban J connectivity index is 1.83. The van der Waals surface area contributed by atoms with Gasteiger partial charge in [0.1, 0.15) is 11.6 Å². The number of para-hydroxylation sites is 1. The zero-order chi connectivity index (χ0) is 15.6. The number of hydrogen-bond donors (Lipinski definition) is 3. The van der Waals surface area contributed by atoms with E-state index in [-0.39, 0.29) is 5.02 Å². The Kier molecular flexibility index (Phi) is 3.83. The number of rotatable bonds is 3. The fraction of sp³-hybridized carbons (Fsp3) is 0.0625. The van der Waals surface area contributed by atoms with Gasteiger partial charge in [-0.25, -0.2) is 9.38 Å². The second-order valence-corrected chi connectivity index (χ2v) is 5.28. The van der Waals surface area contributed by atoms with Crippen molar-refractivity contribution in [3.63, 3.8) is 0 Å². The first kappa shape index (κ1) is 14.6. The third-order valence-electron chi connectivity index (χ3n) is 3.26. The minimum Gasteiger partial charge on any atom is -0.342 e. The van der Waals surface area contributed by atoms with Crippen molar-refractivity contribution in [3.8, 4) is 0 Å². The van der Waals surface area contributed by atoms with E-state index < -0.39 is 11.6 Å². The molecule has 2 aromatic carbocycles. The van der Waals surface area contributed by atoms with Crippen molar-refractivity contribution in [3.05, 3.63) is 76.8 Å². The van der Waals surface area contributed by atoms with Gasteiger partial charge in [-0.2, -0.15) is 0 Å². The van der Waals surface area contributed by atoms with Crippen molar-refractivity contribution in [2.24, 2.45) is 10.7 Å². The van der Waals surface area contributed by atoms with E-state index in [0.717, 1.165) is 5.69 Å². The lowest BCUT2D eigenvalue weighted by molar-refractivity contribution is 0.398. The lowest BCUT2D eigenvalue weighted by atomic mass is 10.1. The highest BCUT2D eigenvalue weighted by molar-refractivity contribution is 6.30. The molecular formula is C16H14ClFN4. The normalized spacial score (nSPS) is 20.2. The van der Waals surface area contributed by atoms with Crippen LogP contribution in [0.15, 0.2) is 65.4 Å². The van der Waals surface area contributed by atoms with Crippen LogP contribution in [-0.4, -0.2) is 6.21 Å². The highest BCUT2D eigenvalue weighted by Gasteiger charge is 2.29. The fourth-order valence-corrected chi connectivity index (χ4v) is 2.32. The highest BCUT2D eigenvalue weighted by Crippen LogP contribution is 2.25. The van der Waals surface area contributed by atoms with Crippen LogP contribution in [0.1, 0.15) is 5.56 Å². The average Bonchev–Trinajstić information content (AvgIpc) is 2.51. The predicted molar refractivity (Wildman–Crippen MR) is 87.1 cm³/mol. The Bertz CT molecular complexity index is 745. The van der Waals surface area contributed by atoms with Crippen molar-refractivity contribution < 1.29 is 4.39 Å². The van der Waals surface area contributed by atoms with Crippen molar-refractivity contribution in [2.75, 3.05) is 5.32 Å². The monoisotopic (exact) mass is 316 g/mol. The number of aliphatic imine (C=N–C) groups is 1. The summed E-state index contributed by atoms with van der Waals surface area (Å²) < 4.78 is 13.3. The molecule has 1 aliphatic heterocycles. The fourth-order valence-electron chi connectivity index (χ4n) is 2.14. The Morgan fingerprint density at radius 2 is 1.95 bits per heavy atom. The first-order chi connectivity index (χ1) is 10.6. The Morgan fingerprint density at radius 1 is 1.18 bits per heavy atom. The van der Waals surface area contributed by atoms with Crippen molar-refractivity contribution >= 4 is 23.5 Å². The third kappa shape index (κ3) is 2.95. The minimum absolute atomic E-state index is 0.00597. The van der Waals surface area contributed by atoms with Crippen LogP contribution in [0.5, 0.6) is 0 Å². The molecule has 22 heavy (non-hydrogen) atoms. The van der Waals surface area contributed by atoms with E-state index in [4.69, 9.17) is 17.3 Å². The molecule has 2 aromatic rings. The van der Waals surface area contributed by atoms with Crippen LogP contribution in [0.3, 0.4) is 0 Å². The lowest BCUT2D eigenvalue weighted by Gasteiger charge is -2.31. The van der Waals surface area contributed by atoms with Crippen molar-refractivity contribution in [2.45, 2.75) is 5.79 Å². The highest BCUT2D eigenvalue weighted by atomic mass is 35.5. The molecule has 1 aliphatic rings. The van der Waals surface area contributed by atoms with Gasteiger partial charge in [-0.3, -0.25) is 5.73 Å². The van der Waals surface area contributed by atoms with Gasteiger partial charge in [-0.05, 0) is 30.3 Å². The summed E-state index contributed by atoms with van der Waals surface area (Å²) in [7, 11) is 0. The summed E-state index contributed by atoms with van der Waals surface area (Å²) in [5.41, 5.74) is 7.75. The standard InChI is InChI=1S/C16H14ClFN4/c17-13-10-11(6-7-14(13)18)16(19)20-9-8-15(22-16)21-12-4-2-1-3-5-12/h1-10,21-22H,19H2. The van der Waals surface area contributed by atoms with Crippen LogP contribution >= 0.6 is 11.6 Å². The second-order valence-electron chi connectivity index (χ2n) is 4.87. The van der Waals surface area contributed by atoms with Gasteiger partial charge in [0.25, 0.3) is 0 Å². The number of halogens is 2. The number of hydrogen-bond acceptors (Lipinski definition) is 4. The molecule has 6 heteroatoms. The molecule has 1 atom stereocenters.